The Bertz CT molecular complexity index is 1220. The number of hydrogen-bond donors (Lipinski definition) is 1. The third-order valence-electron chi connectivity index (χ3n) is 4.92. The Labute approximate surface area is 174 Å². The largest absolute Gasteiger partial charge is 0.497 e. The molecule has 0 unspecified atom stereocenters. The molecule has 4 rings (SSSR count). The zero-order valence-corrected chi connectivity index (χ0v) is 17.4. The van der Waals surface area contributed by atoms with Gasteiger partial charge >= 0.3 is 0 Å². The zero-order valence-electron chi connectivity index (χ0n) is 16.5. The molecule has 0 spiro atoms. The number of hydrogen-bond acceptors (Lipinski definition) is 6. The highest BCUT2D eigenvalue weighted by atomic mass is 32.2. The van der Waals surface area contributed by atoms with Gasteiger partial charge in [-0.05, 0) is 59.7 Å². The summed E-state index contributed by atoms with van der Waals surface area (Å²) in [5.41, 5.74) is 0.628. The molecule has 1 aliphatic heterocycles. The van der Waals surface area contributed by atoms with E-state index in [0.717, 1.165) is 10.8 Å². The number of rotatable bonds is 7. The van der Waals surface area contributed by atoms with E-state index in [1.54, 1.807) is 49.6 Å². The van der Waals surface area contributed by atoms with Gasteiger partial charge in [-0.3, -0.25) is 4.79 Å². The highest BCUT2D eigenvalue weighted by Crippen LogP contribution is 2.35. The standard InChI is InChI=1S/C22H21NO6S/c1-14(24)9-20(17-5-8-21-22(12-17)29-13-28-21)23-30(25,26)19-7-4-15-10-18(27-2)6-3-16(15)11-19/h3-8,10-12,20,23H,9,13H2,1-2H3/t20-/m1/s1. The molecular weight excluding hydrogens is 406 g/mol. The summed E-state index contributed by atoms with van der Waals surface area (Å²) in [5, 5.41) is 1.63. The minimum absolute atomic E-state index is 0.0175. The SMILES string of the molecule is COc1ccc2cc(S(=O)(=O)N[C@H](CC(C)=O)c3ccc4c(c3)OCO4)ccc2c1. The number of methoxy groups -OCH3 is 1. The van der Waals surface area contributed by atoms with Crippen LogP contribution in [0.1, 0.15) is 24.9 Å². The lowest BCUT2D eigenvalue weighted by molar-refractivity contribution is -0.117. The first-order chi connectivity index (χ1) is 14.4. The van der Waals surface area contributed by atoms with Crippen LogP contribution in [0, 0.1) is 0 Å². The van der Waals surface area contributed by atoms with Gasteiger partial charge in [0.05, 0.1) is 18.0 Å². The van der Waals surface area contributed by atoms with Gasteiger partial charge in [-0.2, -0.15) is 0 Å². The molecule has 0 fully saturated rings. The molecule has 1 aliphatic rings. The average Bonchev–Trinajstić information content (AvgIpc) is 3.19. The van der Waals surface area contributed by atoms with E-state index in [9.17, 15) is 13.2 Å². The molecule has 0 radical (unpaired) electrons. The van der Waals surface area contributed by atoms with E-state index in [1.807, 2.05) is 6.07 Å². The molecule has 0 amide bonds. The summed E-state index contributed by atoms with van der Waals surface area (Å²) in [6, 6.07) is 14.7. The normalized spacial score (nSPS) is 13.9. The van der Waals surface area contributed by atoms with Crippen LogP contribution in [0.4, 0.5) is 0 Å². The van der Waals surface area contributed by atoms with Crippen molar-refractivity contribution in [2.24, 2.45) is 0 Å². The Morgan fingerprint density at radius 1 is 1.03 bits per heavy atom. The Balaban J connectivity index is 1.66. The molecule has 1 N–H and O–H groups in total. The van der Waals surface area contributed by atoms with Crippen molar-refractivity contribution in [2.75, 3.05) is 13.9 Å². The lowest BCUT2D eigenvalue weighted by Gasteiger charge is -2.19. The first kappa shape index (κ1) is 20.2. The molecule has 0 aromatic heterocycles. The molecule has 1 heterocycles. The molecule has 30 heavy (non-hydrogen) atoms. The Hall–Kier alpha value is -3.10. The number of sulfonamides is 1. The number of nitrogens with one attached hydrogen (secondary N) is 1. The molecule has 3 aromatic carbocycles. The summed E-state index contributed by atoms with van der Waals surface area (Å²) in [4.78, 5) is 11.9. The lowest BCUT2D eigenvalue weighted by atomic mass is 10.0. The minimum atomic E-state index is -3.88. The van der Waals surface area contributed by atoms with Crippen LogP contribution in [0.15, 0.2) is 59.5 Å². The van der Waals surface area contributed by atoms with E-state index in [1.165, 1.54) is 13.0 Å². The van der Waals surface area contributed by atoms with E-state index in [2.05, 4.69) is 4.72 Å². The highest BCUT2D eigenvalue weighted by molar-refractivity contribution is 7.89. The number of ketones is 1. The predicted octanol–water partition coefficient (Wildman–Crippen LogP) is 3.58. The van der Waals surface area contributed by atoms with Crippen molar-refractivity contribution < 1.29 is 27.4 Å². The van der Waals surface area contributed by atoms with Crippen LogP contribution in [0.5, 0.6) is 17.2 Å². The van der Waals surface area contributed by atoms with Gasteiger partial charge in [0.25, 0.3) is 0 Å². The van der Waals surface area contributed by atoms with Crippen molar-refractivity contribution in [1.82, 2.24) is 4.72 Å². The van der Waals surface area contributed by atoms with Gasteiger partial charge in [0.15, 0.2) is 11.5 Å². The second kappa shape index (κ2) is 7.97. The van der Waals surface area contributed by atoms with Crippen molar-refractivity contribution in [1.29, 1.82) is 0 Å². The summed E-state index contributed by atoms with van der Waals surface area (Å²) in [6.07, 6.45) is 0.0175. The Morgan fingerprint density at radius 3 is 2.53 bits per heavy atom. The molecule has 0 aliphatic carbocycles. The topological polar surface area (TPSA) is 90.9 Å². The van der Waals surface area contributed by atoms with Crippen LogP contribution in [0.25, 0.3) is 10.8 Å². The second-order valence-corrected chi connectivity index (χ2v) is 8.78. The fraction of sp³-hybridized carbons (Fsp3) is 0.227. The summed E-state index contributed by atoms with van der Waals surface area (Å²) < 4.78 is 44.8. The molecule has 3 aromatic rings. The van der Waals surface area contributed by atoms with Gasteiger partial charge in [0.2, 0.25) is 16.8 Å². The van der Waals surface area contributed by atoms with Gasteiger partial charge in [-0.1, -0.05) is 18.2 Å². The van der Waals surface area contributed by atoms with Gasteiger partial charge in [-0.25, -0.2) is 13.1 Å². The first-order valence-corrected chi connectivity index (χ1v) is 10.8. The Kier molecular flexibility index (Phi) is 5.36. The Morgan fingerprint density at radius 2 is 1.77 bits per heavy atom. The quantitative estimate of drug-likeness (QED) is 0.620. The van der Waals surface area contributed by atoms with Crippen molar-refractivity contribution in [3.8, 4) is 17.2 Å². The fourth-order valence-corrected chi connectivity index (χ4v) is 4.66. The lowest BCUT2D eigenvalue weighted by Crippen LogP contribution is -2.30. The summed E-state index contributed by atoms with van der Waals surface area (Å²) in [6.45, 7) is 1.54. The maximum absolute atomic E-state index is 13.1. The van der Waals surface area contributed by atoms with Crippen LogP contribution in [-0.2, 0) is 14.8 Å². The molecular formula is C22H21NO6S. The van der Waals surface area contributed by atoms with E-state index in [4.69, 9.17) is 14.2 Å². The third-order valence-corrected chi connectivity index (χ3v) is 6.39. The average molecular weight is 427 g/mol. The van der Waals surface area contributed by atoms with Gasteiger partial charge < -0.3 is 14.2 Å². The number of ether oxygens (including phenoxy) is 3. The number of benzene rings is 3. The summed E-state index contributed by atoms with van der Waals surface area (Å²) in [7, 11) is -2.30. The van der Waals surface area contributed by atoms with Crippen LogP contribution >= 0.6 is 0 Å². The number of Topliss-reactive ketones (excluding diaryl/α,β-unsaturated/α-hetero) is 1. The molecule has 0 bridgehead atoms. The monoisotopic (exact) mass is 427 g/mol. The van der Waals surface area contributed by atoms with Gasteiger partial charge in [0, 0.05) is 6.42 Å². The number of carbonyl (C=O) groups excluding carboxylic acids is 1. The molecule has 7 nitrogen and oxygen atoms in total. The smallest absolute Gasteiger partial charge is 0.241 e. The second-order valence-electron chi connectivity index (χ2n) is 7.07. The van der Waals surface area contributed by atoms with Crippen LogP contribution in [0.3, 0.4) is 0 Å². The summed E-state index contributed by atoms with van der Waals surface area (Å²) in [5.74, 6) is 1.68. The van der Waals surface area contributed by atoms with Crippen molar-refractivity contribution in [3.05, 3.63) is 60.2 Å². The minimum Gasteiger partial charge on any atom is -0.497 e. The fourth-order valence-electron chi connectivity index (χ4n) is 3.40. The first-order valence-electron chi connectivity index (χ1n) is 9.35. The predicted molar refractivity (Wildman–Crippen MR) is 111 cm³/mol. The van der Waals surface area contributed by atoms with Crippen molar-refractivity contribution >= 4 is 26.6 Å². The van der Waals surface area contributed by atoms with Gasteiger partial charge in [-0.15, -0.1) is 0 Å². The van der Waals surface area contributed by atoms with Crippen LogP contribution in [-0.4, -0.2) is 28.1 Å². The molecule has 0 saturated heterocycles. The van der Waals surface area contributed by atoms with E-state index in [0.29, 0.717) is 22.8 Å². The molecule has 8 heteroatoms. The van der Waals surface area contributed by atoms with Crippen molar-refractivity contribution in [2.45, 2.75) is 24.3 Å². The van der Waals surface area contributed by atoms with Crippen molar-refractivity contribution in [3.63, 3.8) is 0 Å². The molecule has 1 atom stereocenters. The van der Waals surface area contributed by atoms with E-state index < -0.39 is 16.1 Å². The summed E-state index contributed by atoms with van der Waals surface area (Å²) >= 11 is 0. The number of fused-ring (bicyclic) bond motifs is 2. The highest BCUT2D eigenvalue weighted by Gasteiger charge is 2.25. The number of carbonyl (C=O) groups is 1. The van der Waals surface area contributed by atoms with E-state index in [-0.39, 0.29) is 23.9 Å². The molecule has 156 valence electrons. The maximum atomic E-state index is 13.1. The van der Waals surface area contributed by atoms with Crippen LogP contribution in [0.2, 0.25) is 0 Å². The molecule has 0 saturated carbocycles. The van der Waals surface area contributed by atoms with Crippen LogP contribution < -0.4 is 18.9 Å². The van der Waals surface area contributed by atoms with E-state index >= 15 is 0 Å². The zero-order chi connectivity index (χ0) is 21.3. The third kappa shape index (κ3) is 4.10. The van der Waals surface area contributed by atoms with Gasteiger partial charge in [0.1, 0.15) is 11.5 Å². The maximum Gasteiger partial charge on any atom is 0.241 e.